The maximum Gasteiger partial charge on any atom is 0.250 e. The second kappa shape index (κ2) is 45.6. The fourth-order valence-corrected chi connectivity index (χ4v) is 12.6. The van der Waals surface area contributed by atoms with Gasteiger partial charge in [0, 0.05) is 22.3 Å². The first-order valence-electron chi connectivity index (χ1n) is 36.3. The lowest BCUT2D eigenvalue weighted by Crippen LogP contribution is -2.16. The lowest BCUT2D eigenvalue weighted by atomic mass is 10.0. The molecule has 0 saturated carbocycles. The van der Waals surface area contributed by atoms with Crippen LogP contribution in [0, 0.1) is 0 Å². The minimum absolute atomic E-state index is 0.133. The SMILES string of the molecule is CCCCOc1ccc(C=Cc2ccc(-c3nc(C(Cl)(Cl)Cl)nc(C(Cl)(Cl)Cl)n3)cc2)cc1.COc1cccc(C=Cc2ccc(-c3nc(C(Cl)(Cl)Cl)nc(C(Cl)(Cl)Cl)n3)cc2)c1.ClC(Cl)(Cl)c1nc(-c2ccc(C=Cc3ccc(-c4ccccc4)cc3)cc2)nc(C(Cl)(Cl)Cl)n1.Oc1ccc(C=Cc2ccc(-c3nc(C(Cl)(Cl)Cl)nc(C(Cl)(Cl)Cl)n3)cc2)cc1. The van der Waals surface area contributed by atoms with Gasteiger partial charge in [-0.2, -0.15) is 0 Å². The van der Waals surface area contributed by atoms with Crippen LogP contribution in [0.3, 0.4) is 0 Å². The molecular weight excluding hydrogens is 2110 g/mol. The van der Waals surface area contributed by atoms with E-state index in [0.717, 1.165) is 75.5 Å². The van der Waals surface area contributed by atoms with Gasteiger partial charge in [-0.25, -0.2) is 59.8 Å². The minimum Gasteiger partial charge on any atom is -0.508 e. The van der Waals surface area contributed by atoms with Gasteiger partial charge in [0.05, 0.1) is 13.7 Å². The standard InChI is InChI=1S/C25H15Cl6N3.C23H19Cl6N3O.C20H13Cl6N3O.C19H11Cl6N3O/c26-24(27,28)22-32-21(33-23(34-22)25(29,30)31)20-14-10-17(11-15-20)7-6-16-8-12-19(13-9-16)18-4-2-1-3-5-18;1-2-3-14-33-18-12-8-16(9-13-18)5-4-15-6-10-17(11-7-15)19-30-20(22(24,25)26)32-21(31-19)23(27,28)29;1-30-15-4-2-3-13(11-15)6-5-12-7-9-14(10-8-12)16-27-17(19(21,22)23)29-18(28-16)20(24,25)26;20-18(21,22)16-26-15(27-17(28-16)19(23,24)25)13-7-3-11(4-8-13)1-2-12-5-9-14(29)10-6-12/h1-15H;4-13H,2-3,14H2,1H3;2-11H,1H3;1-10,29H. The molecule has 0 aliphatic rings. The van der Waals surface area contributed by atoms with Crippen LogP contribution in [0.2, 0.25) is 0 Å². The van der Waals surface area contributed by atoms with Crippen molar-refractivity contribution >= 4 is 327 Å². The van der Waals surface area contributed by atoms with Crippen LogP contribution in [0.4, 0.5) is 0 Å². The van der Waals surface area contributed by atoms with Crippen molar-refractivity contribution in [3.63, 3.8) is 0 Å². The number of phenols is 1. The normalized spacial score (nSPS) is 12.4. The van der Waals surface area contributed by atoms with Gasteiger partial charge in [0.15, 0.2) is 69.9 Å². The van der Waals surface area contributed by atoms with Crippen molar-refractivity contribution in [3.05, 3.63) is 316 Å². The van der Waals surface area contributed by atoms with Crippen LogP contribution < -0.4 is 9.47 Å². The molecule has 0 fully saturated rings. The zero-order valence-corrected chi connectivity index (χ0v) is 82.4. The van der Waals surface area contributed by atoms with E-state index in [-0.39, 0.29) is 75.6 Å². The number of benzene rings is 9. The zero-order chi connectivity index (χ0) is 91.6. The smallest absolute Gasteiger partial charge is 0.250 e. The third-order valence-corrected chi connectivity index (χ3v) is 20.8. The van der Waals surface area contributed by atoms with Crippen molar-refractivity contribution in [3.8, 4) is 73.9 Å². The van der Waals surface area contributed by atoms with E-state index < -0.39 is 30.3 Å². The Morgan fingerprint density at radius 3 is 0.722 bits per heavy atom. The summed E-state index contributed by atoms with van der Waals surface area (Å²) in [6.07, 6.45) is 18.0. The zero-order valence-electron chi connectivity index (χ0n) is 64.3. The topological polar surface area (TPSA) is 193 Å². The number of hydrogen-bond acceptors (Lipinski definition) is 15. The molecule has 126 heavy (non-hydrogen) atoms. The molecule has 0 bridgehead atoms. The van der Waals surface area contributed by atoms with Crippen molar-refractivity contribution in [2.75, 3.05) is 13.7 Å². The summed E-state index contributed by atoms with van der Waals surface area (Å²) in [6, 6.07) is 70.8. The number of aromatic nitrogens is 12. The number of halogens is 24. The molecule has 13 rings (SSSR count). The molecule has 0 saturated heterocycles. The summed E-state index contributed by atoms with van der Waals surface area (Å²) >= 11 is 142. The highest BCUT2D eigenvalue weighted by molar-refractivity contribution is 6.70. The molecule has 0 spiro atoms. The van der Waals surface area contributed by atoms with Gasteiger partial charge in [-0.15, -0.1) is 0 Å². The molecule has 13 aromatic rings. The molecular formula is C87H58Cl24N12O3. The molecule has 39 heteroatoms. The molecule has 1 N–H and O–H groups in total. The number of phenolic OH excluding ortho intramolecular Hbond substituents is 1. The number of ether oxygens (including phenoxy) is 2. The number of alkyl halides is 24. The van der Waals surface area contributed by atoms with Crippen molar-refractivity contribution in [1.82, 2.24) is 59.8 Å². The highest BCUT2D eigenvalue weighted by atomic mass is 35.6. The largest absolute Gasteiger partial charge is 0.508 e. The summed E-state index contributed by atoms with van der Waals surface area (Å²) in [5.41, 5.74) is 12.9. The molecule has 9 aromatic carbocycles. The lowest BCUT2D eigenvalue weighted by molar-refractivity contribution is 0.309. The molecule has 4 aromatic heterocycles. The molecule has 15 nitrogen and oxygen atoms in total. The molecule has 0 amide bonds. The van der Waals surface area contributed by atoms with E-state index in [9.17, 15) is 5.11 Å². The van der Waals surface area contributed by atoms with Crippen molar-refractivity contribution in [2.24, 2.45) is 0 Å². The van der Waals surface area contributed by atoms with Crippen LogP contribution in [0.15, 0.2) is 224 Å². The molecule has 652 valence electrons. The quantitative estimate of drug-likeness (QED) is 0.0484. The minimum atomic E-state index is -1.91. The first-order chi connectivity index (χ1) is 59.2. The fourth-order valence-electron chi connectivity index (χ4n) is 10.5. The summed E-state index contributed by atoms with van der Waals surface area (Å²) in [5.74, 6) is 1.64. The molecule has 0 aliphatic heterocycles. The van der Waals surface area contributed by atoms with Gasteiger partial charge in [0.1, 0.15) is 17.2 Å². The maximum absolute atomic E-state index is 9.33. The first-order valence-corrected chi connectivity index (χ1v) is 45.4. The van der Waals surface area contributed by atoms with Crippen LogP contribution >= 0.6 is 278 Å². The van der Waals surface area contributed by atoms with Gasteiger partial charge in [0.25, 0.3) is 0 Å². The van der Waals surface area contributed by atoms with Gasteiger partial charge >= 0.3 is 0 Å². The molecule has 0 unspecified atom stereocenters. The number of methoxy groups -OCH3 is 1. The van der Waals surface area contributed by atoms with E-state index in [1.54, 1.807) is 31.4 Å². The Morgan fingerprint density at radius 1 is 0.246 bits per heavy atom. The fraction of sp³-hybridized carbons (Fsp3) is 0.149. The number of aromatic hydroxyl groups is 1. The van der Waals surface area contributed by atoms with E-state index in [1.165, 1.54) is 11.1 Å². The van der Waals surface area contributed by atoms with Crippen molar-refractivity contribution in [2.45, 2.75) is 50.1 Å². The van der Waals surface area contributed by atoms with Gasteiger partial charge < -0.3 is 14.6 Å². The van der Waals surface area contributed by atoms with Crippen LogP contribution in [-0.2, 0) is 30.3 Å². The van der Waals surface area contributed by atoms with Crippen LogP contribution in [0.25, 0.3) is 105 Å². The predicted octanol–water partition coefficient (Wildman–Crippen LogP) is 32.0. The van der Waals surface area contributed by atoms with E-state index in [1.807, 2.05) is 212 Å². The Balaban J connectivity index is 0.000000176. The number of unbranched alkanes of at least 4 members (excludes halogenated alkanes) is 1. The average Bonchev–Trinajstić information content (AvgIpc) is 0.805. The second-order valence-electron chi connectivity index (χ2n) is 26.2. The Bertz CT molecular complexity index is 5800. The third-order valence-electron chi connectivity index (χ3n) is 16.8. The molecule has 0 radical (unpaired) electrons. The van der Waals surface area contributed by atoms with Gasteiger partial charge in [-0.1, -0.05) is 528 Å². The maximum atomic E-state index is 9.33. The van der Waals surface area contributed by atoms with Crippen LogP contribution in [0.1, 0.15) is 111 Å². The van der Waals surface area contributed by atoms with E-state index in [0.29, 0.717) is 22.3 Å². The summed E-state index contributed by atoms with van der Waals surface area (Å²) < 4.78 is -4.31. The van der Waals surface area contributed by atoms with Crippen LogP contribution in [0.5, 0.6) is 17.2 Å². The molecule has 0 aliphatic carbocycles. The highest BCUT2D eigenvalue weighted by Crippen LogP contribution is 2.46. The van der Waals surface area contributed by atoms with Gasteiger partial charge in [0.2, 0.25) is 30.3 Å². The van der Waals surface area contributed by atoms with Crippen LogP contribution in [-0.4, -0.2) is 78.6 Å². The average molecular weight is 2170 g/mol. The molecule has 4 heterocycles. The Morgan fingerprint density at radius 2 is 0.476 bits per heavy atom. The van der Waals surface area contributed by atoms with E-state index in [2.05, 4.69) is 103 Å². The predicted molar refractivity (Wildman–Crippen MR) is 530 cm³/mol. The lowest BCUT2D eigenvalue weighted by Gasteiger charge is -2.15. The molecule has 0 atom stereocenters. The summed E-state index contributed by atoms with van der Waals surface area (Å²) in [6.45, 7) is 2.86. The number of hydrogen-bond donors (Lipinski definition) is 1. The monoisotopic (exact) mass is 2160 g/mol. The summed E-state index contributed by atoms with van der Waals surface area (Å²) in [4.78, 5) is 49.6. The highest BCUT2D eigenvalue weighted by Gasteiger charge is 2.38. The third kappa shape index (κ3) is 32.1. The summed E-state index contributed by atoms with van der Waals surface area (Å²) in [5, 5.41) is 9.33. The Hall–Kier alpha value is -5.66. The van der Waals surface area contributed by atoms with E-state index in [4.69, 9.17) is 288 Å². The van der Waals surface area contributed by atoms with Gasteiger partial charge in [-0.3, -0.25) is 0 Å². The summed E-state index contributed by atoms with van der Waals surface area (Å²) in [7, 11) is 1.63. The second-order valence-corrected chi connectivity index (χ2v) is 44.4. The number of nitrogens with zero attached hydrogens (tertiary/aromatic N) is 12. The number of rotatable bonds is 18. The Labute approximate surface area is 845 Å². The van der Waals surface area contributed by atoms with Crippen molar-refractivity contribution in [1.29, 1.82) is 0 Å². The Kier molecular flexibility index (Phi) is 37.1. The van der Waals surface area contributed by atoms with Crippen molar-refractivity contribution < 1.29 is 14.6 Å². The van der Waals surface area contributed by atoms with Gasteiger partial charge in [-0.05, 0) is 98.5 Å². The van der Waals surface area contributed by atoms with E-state index >= 15 is 0 Å². The first kappa shape index (κ1) is 102.